The van der Waals surface area contributed by atoms with Gasteiger partial charge in [0, 0.05) is 11.6 Å². The van der Waals surface area contributed by atoms with Crippen molar-refractivity contribution in [3.05, 3.63) is 47.5 Å². The molecular formula is C16H16O6. The second kappa shape index (κ2) is 8.51. The van der Waals surface area contributed by atoms with Gasteiger partial charge < -0.3 is 9.47 Å². The highest BCUT2D eigenvalue weighted by Crippen LogP contribution is 2.11. The summed E-state index contributed by atoms with van der Waals surface area (Å²) in [6, 6.07) is 6.16. The van der Waals surface area contributed by atoms with Crippen molar-refractivity contribution < 1.29 is 28.7 Å². The molecule has 0 amide bonds. The normalized spacial score (nSPS) is 10.3. The zero-order valence-corrected chi connectivity index (χ0v) is 12.3. The standard InChI is InChI=1S/C16H16O6/c1-3-21-15(19)9-8-12(18)10-22-16(20)14-7-5-4-6-13(14)11(2)17/h4-9H,3,10H2,1-2H3/b9-8+. The maximum Gasteiger partial charge on any atom is 0.339 e. The first kappa shape index (κ1) is 17.3. The van der Waals surface area contributed by atoms with Crippen molar-refractivity contribution in [3.8, 4) is 0 Å². The van der Waals surface area contributed by atoms with E-state index in [9.17, 15) is 19.2 Å². The van der Waals surface area contributed by atoms with Gasteiger partial charge in [-0.05, 0) is 26.0 Å². The summed E-state index contributed by atoms with van der Waals surface area (Å²) in [5, 5.41) is 0. The van der Waals surface area contributed by atoms with Gasteiger partial charge in [0.1, 0.15) is 0 Å². The summed E-state index contributed by atoms with van der Waals surface area (Å²) < 4.78 is 9.43. The summed E-state index contributed by atoms with van der Waals surface area (Å²) in [5.41, 5.74) is 0.319. The second-order valence-corrected chi connectivity index (χ2v) is 4.23. The third-order valence-corrected chi connectivity index (χ3v) is 2.56. The van der Waals surface area contributed by atoms with E-state index in [1.807, 2.05) is 0 Å². The van der Waals surface area contributed by atoms with E-state index < -0.39 is 24.3 Å². The van der Waals surface area contributed by atoms with E-state index >= 15 is 0 Å². The minimum atomic E-state index is -0.774. The summed E-state index contributed by atoms with van der Waals surface area (Å²) in [5.74, 6) is -2.27. The summed E-state index contributed by atoms with van der Waals surface area (Å²) >= 11 is 0. The predicted octanol–water partition coefficient (Wildman–Crippen LogP) is 1.73. The van der Waals surface area contributed by atoms with Gasteiger partial charge in [0.2, 0.25) is 0 Å². The number of rotatable bonds is 7. The van der Waals surface area contributed by atoms with Crippen LogP contribution in [0.5, 0.6) is 0 Å². The van der Waals surface area contributed by atoms with Crippen LogP contribution in [-0.4, -0.2) is 36.7 Å². The largest absolute Gasteiger partial charge is 0.463 e. The summed E-state index contributed by atoms with van der Waals surface area (Å²) in [7, 11) is 0. The Hall–Kier alpha value is -2.76. The van der Waals surface area contributed by atoms with E-state index in [2.05, 4.69) is 4.74 Å². The Morgan fingerprint density at radius 1 is 1.00 bits per heavy atom. The molecule has 116 valence electrons. The third-order valence-electron chi connectivity index (χ3n) is 2.56. The van der Waals surface area contributed by atoms with Gasteiger partial charge in [-0.1, -0.05) is 18.2 Å². The lowest BCUT2D eigenvalue weighted by Crippen LogP contribution is -2.15. The molecule has 0 N–H and O–H groups in total. The average molecular weight is 304 g/mol. The number of benzene rings is 1. The van der Waals surface area contributed by atoms with Crippen LogP contribution in [0.1, 0.15) is 34.6 Å². The van der Waals surface area contributed by atoms with Crippen LogP contribution >= 0.6 is 0 Å². The van der Waals surface area contributed by atoms with E-state index in [0.29, 0.717) is 0 Å². The van der Waals surface area contributed by atoms with E-state index in [4.69, 9.17) is 4.74 Å². The molecule has 0 atom stereocenters. The number of ketones is 2. The quantitative estimate of drug-likeness (QED) is 0.433. The molecule has 1 aromatic rings. The van der Waals surface area contributed by atoms with Crippen molar-refractivity contribution in [1.29, 1.82) is 0 Å². The lowest BCUT2D eigenvalue weighted by molar-refractivity contribution is -0.137. The Morgan fingerprint density at radius 3 is 2.23 bits per heavy atom. The summed E-state index contributed by atoms with van der Waals surface area (Å²) in [6.45, 7) is 2.65. The molecule has 0 saturated carbocycles. The van der Waals surface area contributed by atoms with Crippen LogP contribution in [0.2, 0.25) is 0 Å². The highest BCUT2D eigenvalue weighted by molar-refractivity contribution is 6.06. The van der Waals surface area contributed by atoms with Gasteiger partial charge >= 0.3 is 11.9 Å². The topological polar surface area (TPSA) is 86.7 Å². The van der Waals surface area contributed by atoms with Crippen molar-refractivity contribution >= 4 is 23.5 Å². The molecule has 6 nitrogen and oxygen atoms in total. The molecule has 0 aliphatic carbocycles. The molecule has 0 spiro atoms. The molecule has 0 aromatic heterocycles. The number of carbonyl (C=O) groups is 4. The highest BCUT2D eigenvalue weighted by Gasteiger charge is 2.15. The third kappa shape index (κ3) is 5.32. The predicted molar refractivity (Wildman–Crippen MR) is 77.5 cm³/mol. The van der Waals surface area contributed by atoms with Gasteiger partial charge in [0.05, 0.1) is 12.2 Å². The number of ether oxygens (including phenoxy) is 2. The lowest BCUT2D eigenvalue weighted by Gasteiger charge is -2.06. The number of esters is 2. The Balaban J connectivity index is 2.62. The lowest BCUT2D eigenvalue weighted by atomic mass is 10.0. The number of carbonyl (C=O) groups excluding carboxylic acids is 4. The molecule has 22 heavy (non-hydrogen) atoms. The molecule has 0 fully saturated rings. The van der Waals surface area contributed by atoms with Gasteiger partial charge in [-0.3, -0.25) is 9.59 Å². The Bertz CT molecular complexity index is 615. The van der Waals surface area contributed by atoms with Gasteiger partial charge in [0.15, 0.2) is 18.2 Å². The monoisotopic (exact) mass is 304 g/mol. The summed E-state index contributed by atoms with van der Waals surface area (Å²) in [6.07, 6.45) is 1.94. The minimum absolute atomic E-state index is 0.0946. The van der Waals surface area contributed by atoms with E-state index in [-0.39, 0.29) is 23.5 Å². The van der Waals surface area contributed by atoms with Crippen molar-refractivity contribution in [2.75, 3.05) is 13.2 Å². The van der Waals surface area contributed by atoms with Crippen LogP contribution in [0.25, 0.3) is 0 Å². The maximum absolute atomic E-state index is 11.9. The van der Waals surface area contributed by atoms with Crippen molar-refractivity contribution in [3.63, 3.8) is 0 Å². The summed E-state index contributed by atoms with van der Waals surface area (Å²) in [4.78, 5) is 45.8. The smallest absolute Gasteiger partial charge is 0.339 e. The zero-order valence-electron chi connectivity index (χ0n) is 12.3. The first-order valence-corrected chi connectivity index (χ1v) is 6.60. The van der Waals surface area contributed by atoms with Crippen molar-refractivity contribution in [2.24, 2.45) is 0 Å². The fourth-order valence-electron chi connectivity index (χ4n) is 1.58. The van der Waals surface area contributed by atoms with Crippen LogP contribution in [0.15, 0.2) is 36.4 Å². The minimum Gasteiger partial charge on any atom is -0.463 e. The second-order valence-electron chi connectivity index (χ2n) is 4.23. The van der Waals surface area contributed by atoms with Gasteiger partial charge in [-0.15, -0.1) is 0 Å². The van der Waals surface area contributed by atoms with Gasteiger partial charge in [-0.2, -0.15) is 0 Å². The Labute approximate surface area is 127 Å². The van der Waals surface area contributed by atoms with E-state index in [0.717, 1.165) is 12.2 Å². The number of hydrogen-bond donors (Lipinski definition) is 0. The van der Waals surface area contributed by atoms with Crippen LogP contribution in [-0.2, 0) is 19.1 Å². The molecule has 0 bridgehead atoms. The number of Topliss-reactive ketones (excluding diaryl/α,β-unsaturated/α-hetero) is 1. The molecule has 0 heterocycles. The first-order valence-electron chi connectivity index (χ1n) is 6.60. The van der Waals surface area contributed by atoms with Crippen LogP contribution in [0.3, 0.4) is 0 Å². The van der Waals surface area contributed by atoms with E-state index in [1.54, 1.807) is 19.1 Å². The van der Waals surface area contributed by atoms with Crippen LogP contribution in [0.4, 0.5) is 0 Å². The molecule has 0 aliphatic heterocycles. The van der Waals surface area contributed by atoms with Gasteiger partial charge in [-0.25, -0.2) is 9.59 Å². The van der Waals surface area contributed by atoms with E-state index in [1.165, 1.54) is 19.1 Å². The highest BCUT2D eigenvalue weighted by atomic mass is 16.5. The van der Waals surface area contributed by atoms with Crippen molar-refractivity contribution in [2.45, 2.75) is 13.8 Å². The fraction of sp³-hybridized carbons (Fsp3) is 0.250. The molecule has 6 heteroatoms. The molecule has 0 unspecified atom stereocenters. The average Bonchev–Trinajstić information content (AvgIpc) is 2.50. The van der Waals surface area contributed by atoms with Crippen LogP contribution in [0, 0.1) is 0 Å². The SMILES string of the molecule is CCOC(=O)/C=C/C(=O)COC(=O)c1ccccc1C(C)=O. The first-order chi connectivity index (χ1) is 10.5. The molecule has 0 aliphatic rings. The Morgan fingerprint density at radius 2 is 1.64 bits per heavy atom. The number of hydrogen-bond acceptors (Lipinski definition) is 6. The molecule has 0 saturated heterocycles. The van der Waals surface area contributed by atoms with Gasteiger partial charge in [0.25, 0.3) is 0 Å². The molecule has 1 rings (SSSR count). The maximum atomic E-state index is 11.9. The molecular weight excluding hydrogens is 288 g/mol. The molecule has 1 aromatic carbocycles. The van der Waals surface area contributed by atoms with Crippen molar-refractivity contribution in [1.82, 2.24) is 0 Å². The fourth-order valence-corrected chi connectivity index (χ4v) is 1.58. The van der Waals surface area contributed by atoms with Crippen LogP contribution < -0.4 is 0 Å². The molecule has 0 radical (unpaired) electrons. The Kier molecular flexibility index (Phi) is 6.69. The zero-order chi connectivity index (χ0) is 16.5.